The highest BCUT2D eigenvalue weighted by Crippen LogP contribution is 2.29. The van der Waals surface area contributed by atoms with E-state index in [-0.39, 0.29) is 24.0 Å². The molecule has 1 heterocycles. The van der Waals surface area contributed by atoms with Crippen LogP contribution in [0.5, 0.6) is 0 Å². The predicted molar refractivity (Wildman–Crippen MR) is 118 cm³/mol. The molecule has 1 aromatic rings. The standard InChI is InChI=1S/C18H27BrN4O.HI/c1-20-18(21-9-11-24-13-14-6-7-14)22-15-8-10-23(12-15)17-5-3-2-4-16(17)19;/h2-5,14-15H,6-13H2,1H3,(H2,20,21,22);1H. The van der Waals surface area contributed by atoms with Crippen molar-refractivity contribution in [3.63, 3.8) is 0 Å². The van der Waals surface area contributed by atoms with Crippen LogP contribution >= 0.6 is 39.9 Å². The normalized spacial score (nSPS) is 20.3. The van der Waals surface area contributed by atoms with E-state index in [0.29, 0.717) is 6.04 Å². The molecule has 1 aliphatic carbocycles. The topological polar surface area (TPSA) is 48.9 Å². The fraction of sp³-hybridized carbons (Fsp3) is 0.611. The molecule has 1 unspecified atom stereocenters. The van der Waals surface area contributed by atoms with Gasteiger partial charge in [-0.2, -0.15) is 0 Å². The highest BCUT2D eigenvalue weighted by atomic mass is 127. The molecule has 0 spiro atoms. The molecule has 7 heteroatoms. The van der Waals surface area contributed by atoms with Gasteiger partial charge in [-0.05, 0) is 53.2 Å². The van der Waals surface area contributed by atoms with Crippen molar-refractivity contribution in [2.24, 2.45) is 10.9 Å². The lowest BCUT2D eigenvalue weighted by Crippen LogP contribution is -2.45. The van der Waals surface area contributed by atoms with Crippen molar-refractivity contribution in [3.8, 4) is 0 Å². The van der Waals surface area contributed by atoms with E-state index in [1.807, 2.05) is 7.05 Å². The lowest BCUT2D eigenvalue weighted by Gasteiger charge is -2.21. The maximum absolute atomic E-state index is 5.65. The highest BCUT2D eigenvalue weighted by molar-refractivity contribution is 14.0. The molecule has 140 valence electrons. The van der Waals surface area contributed by atoms with Crippen LogP contribution in [-0.2, 0) is 4.74 Å². The number of anilines is 1. The third-order valence-corrected chi connectivity index (χ3v) is 5.21. The number of para-hydroxylation sites is 1. The van der Waals surface area contributed by atoms with Gasteiger partial charge in [0.05, 0.1) is 12.3 Å². The van der Waals surface area contributed by atoms with Gasteiger partial charge in [0.2, 0.25) is 0 Å². The molecular weight excluding hydrogens is 495 g/mol. The van der Waals surface area contributed by atoms with Crippen molar-refractivity contribution in [2.75, 3.05) is 44.8 Å². The van der Waals surface area contributed by atoms with E-state index >= 15 is 0 Å². The lowest BCUT2D eigenvalue weighted by atomic mass is 10.3. The van der Waals surface area contributed by atoms with Crippen LogP contribution in [-0.4, -0.2) is 51.9 Å². The van der Waals surface area contributed by atoms with Gasteiger partial charge in [-0.25, -0.2) is 0 Å². The Morgan fingerprint density at radius 1 is 1.32 bits per heavy atom. The minimum atomic E-state index is 0. The number of rotatable bonds is 7. The zero-order valence-electron chi connectivity index (χ0n) is 14.7. The second kappa shape index (κ2) is 10.6. The molecule has 0 radical (unpaired) electrons. The largest absolute Gasteiger partial charge is 0.379 e. The summed E-state index contributed by atoms with van der Waals surface area (Å²) in [5, 5.41) is 6.87. The van der Waals surface area contributed by atoms with Crippen LogP contribution in [0.3, 0.4) is 0 Å². The average molecular weight is 523 g/mol. The molecule has 1 aliphatic heterocycles. The Balaban J connectivity index is 0.00000225. The van der Waals surface area contributed by atoms with E-state index in [4.69, 9.17) is 4.74 Å². The molecule has 1 saturated carbocycles. The number of nitrogens with one attached hydrogen (secondary N) is 2. The summed E-state index contributed by atoms with van der Waals surface area (Å²) in [5.41, 5.74) is 1.26. The van der Waals surface area contributed by atoms with E-state index in [9.17, 15) is 0 Å². The zero-order valence-corrected chi connectivity index (χ0v) is 18.6. The summed E-state index contributed by atoms with van der Waals surface area (Å²) in [6, 6.07) is 8.81. The number of hydrogen-bond acceptors (Lipinski definition) is 3. The van der Waals surface area contributed by atoms with Crippen LogP contribution in [0.1, 0.15) is 19.3 Å². The zero-order chi connectivity index (χ0) is 16.8. The summed E-state index contributed by atoms with van der Waals surface area (Å²) in [4.78, 5) is 6.73. The Morgan fingerprint density at radius 3 is 2.84 bits per heavy atom. The van der Waals surface area contributed by atoms with Crippen LogP contribution in [0.15, 0.2) is 33.7 Å². The Bertz CT molecular complexity index is 568. The molecule has 0 bridgehead atoms. The van der Waals surface area contributed by atoms with Crippen LogP contribution in [0.2, 0.25) is 0 Å². The molecule has 1 aromatic carbocycles. The van der Waals surface area contributed by atoms with Crippen LogP contribution in [0.4, 0.5) is 5.69 Å². The molecule has 0 aromatic heterocycles. The van der Waals surface area contributed by atoms with Gasteiger partial charge in [-0.1, -0.05) is 12.1 Å². The third kappa shape index (κ3) is 6.60. The summed E-state index contributed by atoms with van der Waals surface area (Å²) in [6.45, 7) is 4.50. The number of halogens is 2. The number of nitrogens with zero attached hydrogens (tertiary/aromatic N) is 2. The summed E-state index contributed by atoms with van der Waals surface area (Å²) < 4.78 is 6.81. The molecule has 2 fully saturated rings. The predicted octanol–water partition coefficient (Wildman–Crippen LogP) is 3.24. The fourth-order valence-electron chi connectivity index (χ4n) is 2.97. The van der Waals surface area contributed by atoms with E-state index in [1.54, 1.807) is 0 Å². The molecule has 3 rings (SSSR count). The van der Waals surface area contributed by atoms with E-state index in [2.05, 4.69) is 60.7 Å². The Hall–Kier alpha value is -0.540. The van der Waals surface area contributed by atoms with Crippen LogP contribution < -0.4 is 15.5 Å². The molecular formula is C18H28BrIN4O. The monoisotopic (exact) mass is 522 g/mol. The van der Waals surface area contributed by atoms with Crippen LogP contribution in [0, 0.1) is 5.92 Å². The van der Waals surface area contributed by atoms with Gasteiger partial charge in [-0.3, -0.25) is 4.99 Å². The summed E-state index contributed by atoms with van der Waals surface area (Å²) in [5.74, 6) is 1.69. The number of hydrogen-bond donors (Lipinski definition) is 2. The molecule has 2 N–H and O–H groups in total. The number of aliphatic imine (C=N–C) groups is 1. The van der Waals surface area contributed by atoms with Gasteiger partial charge in [0.25, 0.3) is 0 Å². The quantitative estimate of drug-likeness (QED) is 0.250. The minimum Gasteiger partial charge on any atom is -0.379 e. The smallest absolute Gasteiger partial charge is 0.191 e. The first kappa shape index (κ1) is 20.8. The number of benzene rings is 1. The summed E-state index contributed by atoms with van der Waals surface area (Å²) in [7, 11) is 1.82. The molecule has 0 amide bonds. The van der Waals surface area contributed by atoms with E-state index < -0.39 is 0 Å². The van der Waals surface area contributed by atoms with Gasteiger partial charge in [0.15, 0.2) is 5.96 Å². The van der Waals surface area contributed by atoms with E-state index in [1.165, 1.54) is 18.5 Å². The Labute approximate surface area is 176 Å². The number of guanidine groups is 1. The first-order valence-corrected chi connectivity index (χ1v) is 9.60. The van der Waals surface area contributed by atoms with Gasteiger partial charge in [0.1, 0.15) is 0 Å². The highest BCUT2D eigenvalue weighted by Gasteiger charge is 2.24. The first-order valence-electron chi connectivity index (χ1n) is 8.80. The molecule has 5 nitrogen and oxygen atoms in total. The van der Waals surface area contributed by atoms with Crippen molar-refractivity contribution in [1.29, 1.82) is 0 Å². The average Bonchev–Trinajstić information content (AvgIpc) is 3.31. The SMILES string of the molecule is CN=C(NCCOCC1CC1)NC1CCN(c2ccccc2Br)C1.I. The van der Waals surface area contributed by atoms with Crippen molar-refractivity contribution in [1.82, 2.24) is 10.6 Å². The first-order chi connectivity index (χ1) is 11.8. The summed E-state index contributed by atoms with van der Waals surface area (Å²) in [6.07, 6.45) is 3.79. The van der Waals surface area contributed by atoms with Crippen molar-refractivity contribution >= 4 is 51.6 Å². The van der Waals surface area contributed by atoms with Gasteiger partial charge in [-0.15, -0.1) is 24.0 Å². The van der Waals surface area contributed by atoms with Gasteiger partial charge < -0.3 is 20.3 Å². The second-order valence-corrected chi connectivity index (χ2v) is 7.40. The molecule has 1 atom stereocenters. The molecule has 25 heavy (non-hydrogen) atoms. The van der Waals surface area contributed by atoms with Crippen molar-refractivity contribution < 1.29 is 4.74 Å². The summed E-state index contributed by atoms with van der Waals surface area (Å²) >= 11 is 3.64. The second-order valence-electron chi connectivity index (χ2n) is 6.54. The third-order valence-electron chi connectivity index (χ3n) is 4.54. The maximum atomic E-state index is 5.65. The Morgan fingerprint density at radius 2 is 2.12 bits per heavy atom. The van der Waals surface area contributed by atoms with Crippen molar-refractivity contribution in [3.05, 3.63) is 28.7 Å². The number of ether oxygens (including phenoxy) is 1. The van der Waals surface area contributed by atoms with Gasteiger partial charge in [0, 0.05) is 43.8 Å². The Kier molecular flexibility index (Phi) is 8.78. The van der Waals surface area contributed by atoms with Crippen molar-refractivity contribution in [2.45, 2.75) is 25.3 Å². The van der Waals surface area contributed by atoms with E-state index in [0.717, 1.165) is 55.6 Å². The van der Waals surface area contributed by atoms with Crippen LogP contribution in [0.25, 0.3) is 0 Å². The minimum absolute atomic E-state index is 0. The molecule has 2 aliphatic rings. The maximum Gasteiger partial charge on any atom is 0.191 e. The fourth-order valence-corrected chi connectivity index (χ4v) is 3.50. The lowest BCUT2D eigenvalue weighted by molar-refractivity contribution is 0.129. The van der Waals surface area contributed by atoms with Gasteiger partial charge >= 0.3 is 0 Å². The molecule has 1 saturated heterocycles.